The summed E-state index contributed by atoms with van der Waals surface area (Å²) < 4.78 is 6.05. The lowest BCUT2D eigenvalue weighted by Gasteiger charge is -2.23. The summed E-state index contributed by atoms with van der Waals surface area (Å²) in [5.74, 6) is 1.64. The van der Waals surface area contributed by atoms with Crippen molar-refractivity contribution in [2.75, 3.05) is 6.54 Å². The minimum atomic E-state index is 0.253. The number of hydrogen-bond acceptors (Lipinski definition) is 3. The minimum Gasteiger partial charge on any atom is -0.488 e. The topological polar surface area (TPSA) is 21.3 Å². The molecule has 0 spiro atoms. The molecule has 1 aliphatic heterocycles. The van der Waals surface area contributed by atoms with Crippen LogP contribution in [-0.4, -0.2) is 12.6 Å². The molecule has 2 atom stereocenters. The molecule has 3 heteroatoms. The van der Waals surface area contributed by atoms with Crippen molar-refractivity contribution in [3.8, 4) is 5.75 Å². The molecule has 0 saturated carbocycles. The molecule has 2 unspecified atom stereocenters. The second-order valence-corrected chi connectivity index (χ2v) is 7.18. The van der Waals surface area contributed by atoms with Gasteiger partial charge in [0.2, 0.25) is 0 Å². The van der Waals surface area contributed by atoms with Crippen LogP contribution >= 0.6 is 11.3 Å². The maximum Gasteiger partial charge on any atom is 0.123 e. The van der Waals surface area contributed by atoms with Gasteiger partial charge in [-0.25, -0.2) is 0 Å². The van der Waals surface area contributed by atoms with E-state index in [2.05, 4.69) is 61.8 Å². The number of nitrogens with one attached hydrogen (secondary N) is 1. The van der Waals surface area contributed by atoms with Gasteiger partial charge in [-0.05, 0) is 35.9 Å². The predicted octanol–water partition coefficient (Wildman–Crippen LogP) is 4.35. The molecular weight excluding hydrogens is 278 g/mol. The number of hydrogen-bond donors (Lipinski definition) is 1. The second kappa shape index (κ2) is 6.20. The highest BCUT2D eigenvalue weighted by molar-refractivity contribution is 7.10. The quantitative estimate of drug-likeness (QED) is 0.886. The molecule has 0 bridgehead atoms. The Morgan fingerprint density at radius 1 is 1.33 bits per heavy atom. The van der Waals surface area contributed by atoms with Crippen molar-refractivity contribution < 1.29 is 4.74 Å². The number of fused-ring (bicyclic) bond motifs is 1. The minimum absolute atomic E-state index is 0.253. The average Bonchev–Trinajstić information content (AvgIpc) is 3.07. The Morgan fingerprint density at radius 3 is 2.90 bits per heavy atom. The molecule has 0 radical (unpaired) electrons. The van der Waals surface area contributed by atoms with E-state index in [1.54, 1.807) is 0 Å². The van der Waals surface area contributed by atoms with Crippen LogP contribution in [0.5, 0.6) is 5.75 Å². The van der Waals surface area contributed by atoms with E-state index < -0.39 is 0 Å². The molecule has 0 amide bonds. The molecular formula is C18H23NOS. The zero-order chi connectivity index (χ0) is 14.8. The first-order chi connectivity index (χ1) is 10.1. The van der Waals surface area contributed by atoms with Crippen molar-refractivity contribution in [2.45, 2.75) is 39.3 Å². The van der Waals surface area contributed by atoms with Crippen molar-refractivity contribution in [1.82, 2.24) is 5.32 Å². The summed E-state index contributed by atoms with van der Waals surface area (Å²) in [6.45, 7) is 7.57. The molecule has 2 aromatic rings. The standard InChI is InChI=1S/C18H23NOS/c1-12(2)18(17-5-4-8-21-17)19-11-15-10-14-9-13(3)6-7-16(14)20-15/h4-9,12,15,18-19H,10-11H2,1-3H3. The first-order valence-electron chi connectivity index (χ1n) is 7.66. The molecule has 2 nitrogen and oxygen atoms in total. The summed E-state index contributed by atoms with van der Waals surface area (Å²) >= 11 is 1.83. The Kier molecular flexibility index (Phi) is 4.32. The van der Waals surface area contributed by atoms with E-state index in [0.717, 1.165) is 18.7 Å². The summed E-state index contributed by atoms with van der Waals surface area (Å²) in [6.07, 6.45) is 1.27. The van der Waals surface area contributed by atoms with Crippen molar-refractivity contribution in [3.05, 3.63) is 51.7 Å². The van der Waals surface area contributed by atoms with Gasteiger partial charge in [0.1, 0.15) is 11.9 Å². The highest BCUT2D eigenvalue weighted by Gasteiger charge is 2.25. The molecule has 21 heavy (non-hydrogen) atoms. The molecule has 1 aromatic heterocycles. The van der Waals surface area contributed by atoms with Crippen molar-refractivity contribution in [2.24, 2.45) is 5.92 Å². The highest BCUT2D eigenvalue weighted by Crippen LogP contribution is 2.30. The maximum absolute atomic E-state index is 6.05. The number of thiophene rings is 1. The van der Waals surface area contributed by atoms with Crippen molar-refractivity contribution in [3.63, 3.8) is 0 Å². The normalized spacial score (nSPS) is 18.6. The Hall–Kier alpha value is -1.32. The van der Waals surface area contributed by atoms with Gasteiger partial charge < -0.3 is 10.1 Å². The number of ether oxygens (including phenoxy) is 1. The van der Waals surface area contributed by atoms with Crippen LogP contribution in [0.25, 0.3) is 0 Å². The van der Waals surface area contributed by atoms with Gasteiger partial charge in [0.05, 0.1) is 0 Å². The smallest absolute Gasteiger partial charge is 0.123 e. The van der Waals surface area contributed by atoms with Gasteiger partial charge in [0, 0.05) is 23.9 Å². The van der Waals surface area contributed by atoms with E-state index in [0.29, 0.717) is 12.0 Å². The molecule has 112 valence electrons. The van der Waals surface area contributed by atoms with Gasteiger partial charge in [-0.3, -0.25) is 0 Å². The second-order valence-electron chi connectivity index (χ2n) is 6.20. The van der Waals surface area contributed by atoms with Gasteiger partial charge in [-0.15, -0.1) is 11.3 Å². The van der Waals surface area contributed by atoms with Crippen LogP contribution in [0, 0.1) is 12.8 Å². The number of aryl methyl sites for hydroxylation is 1. The summed E-state index contributed by atoms with van der Waals surface area (Å²) in [4.78, 5) is 1.41. The fraction of sp³-hybridized carbons (Fsp3) is 0.444. The predicted molar refractivity (Wildman–Crippen MR) is 89.2 cm³/mol. The van der Waals surface area contributed by atoms with E-state index in [-0.39, 0.29) is 6.10 Å². The van der Waals surface area contributed by atoms with E-state index in [9.17, 15) is 0 Å². The van der Waals surface area contributed by atoms with Crippen LogP contribution < -0.4 is 10.1 Å². The molecule has 1 N–H and O–H groups in total. The molecule has 1 aliphatic rings. The third-order valence-electron chi connectivity index (χ3n) is 4.04. The molecule has 0 saturated heterocycles. The van der Waals surface area contributed by atoms with E-state index in [1.165, 1.54) is 16.0 Å². The van der Waals surface area contributed by atoms with Crippen molar-refractivity contribution >= 4 is 11.3 Å². The highest BCUT2D eigenvalue weighted by atomic mass is 32.1. The number of benzene rings is 1. The van der Waals surface area contributed by atoms with Gasteiger partial charge in [-0.1, -0.05) is 37.6 Å². The SMILES string of the molecule is Cc1ccc2c(c1)CC(CNC(c1cccs1)C(C)C)O2. The summed E-state index contributed by atoms with van der Waals surface area (Å²) in [6, 6.07) is 11.2. The molecule has 3 rings (SSSR count). The Bertz CT molecular complexity index is 591. The lowest BCUT2D eigenvalue weighted by molar-refractivity contribution is 0.215. The van der Waals surface area contributed by atoms with Crippen LogP contribution in [0.3, 0.4) is 0 Å². The summed E-state index contributed by atoms with van der Waals surface area (Å²) in [7, 11) is 0. The maximum atomic E-state index is 6.05. The van der Waals surface area contributed by atoms with Gasteiger partial charge >= 0.3 is 0 Å². The van der Waals surface area contributed by atoms with Gasteiger partial charge in [0.25, 0.3) is 0 Å². The first-order valence-corrected chi connectivity index (χ1v) is 8.54. The Morgan fingerprint density at radius 2 is 2.19 bits per heavy atom. The summed E-state index contributed by atoms with van der Waals surface area (Å²) in [5, 5.41) is 5.85. The molecule has 1 aromatic carbocycles. The van der Waals surface area contributed by atoms with Crippen LogP contribution in [0.2, 0.25) is 0 Å². The van der Waals surface area contributed by atoms with E-state index in [4.69, 9.17) is 4.74 Å². The van der Waals surface area contributed by atoms with E-state index in [1.807, 2.05) is 11.3 Å². The van der Waals surface area contributed by atoms with E-state index >= 15 is 0 Å². The third-order valence-corrected chi connectivity index (χ3v) is 4.99. The fourth-order valence-electron chi connectivity index (χ4n) is 2.95. The molecule has 2 heterocycles. The largest absolute Gasteiger partial charge is 0.488 e. The third kappa shape index (κ3) is 3.30. The zero-order valence-corrected chi connectivity index (χ0v) is 13.7. The van der Waals surface area contributed by atoms with Gasteiger partial charge in [-0.2, -0.15) is 0 Å². The van der Waals surface area contributed by atoms with Crippen LogP contribution in [0.15, 0.2) is 35.7 Å². The molecule has 0 fully saturated rings. The number of rotatable bonds is 5. The zero-order valence-electron chi connectivity index (χ0n) is 12.9. The van der Waals surface area contributed by atoms with Gasteiger partial charge in [0.15, 0.2) is 0 Å². The average molecular weight is 301 g/mol. The van der Waals surface area contributed by atoms with Crippen LogP contribution in [-0.2, 0) is 6.42 Å². The molecule has 0 aliphatic carbocycles. The summed E-state index contributed by atoms with van der Waals surface area (Å²) in [5.41, 5.74) is 2.66. The van der Waals surface area contributed by atoms with Crippen molar-refractivity contribution in [1.29, 1.82) is 0 Å². The lowest BCUT2D eigenvalue weighted by Crippen LogP contribution is -2.34. The van der Waals surface area contributed by atoms with Crippen LogP contribution in [0.4, 0.5) is 0 Å². The fourth-order valence-corrected chi connectivity index (χ4v) is 3.93. The lowest BCUT2D eigenvalue weighted by atomic mass is 10.0. The first kappa shape index (κ1) is 14.6. The Balaban J connectivity index is 1.61. The monoisotopic (exact) mass is 301 g/mol. The van der Waals surface area contributed by atoms with Crippen LogP contribution in [0.1, 0.15) is 35.9 Å². The Labute approximate surface area is 131 Å².